The van der Waals surface area contributed by atoms with Gasteiger partial charge >= 0.3 is 12.0 Å². The molecule has 3 aliphatic rings. The third-order valence-corrected chi connectivity index (χ3v) is 7.96. The van der Waals surface area contributed by atoms with Crippen molar-refractivity contribution in [2.75, 3.05) is 42.6 Å². The van der Waals surface area contributed by atoms with Gasteiger partial charge in [-0.25, -0.2) is 9.18 Å². The Labute approximate surface area is 215 Å². The van der Waals surface area contributed by atoms with Gasteiger partial charge in [0, 0.05) is 56.7 Å². The molecule has 5 rings (SSSR count). The minimum atomic E-state index is -1.24. The zero-order valence-electron chi connectivity index (χ0n) is 20.8. The number of likely N-dealkylation sites (tertiary alicyclic amines) is 1. The van der Waals surface area contributed by atoms with Gasteiger partial charge in [0.15, 0.2) is 0 Å². The van der Waals surface area contributed by atoms with Crippen molar-refractivity contribution < 1.29 is 28.6 Å². The number of halogens is 1. The lowest BCUT2D eigenvalue weighted by molar-refractivity contribution is -0.154. The summed E-state index contributed by atoms with van der Waals surface area (Å²) in [6.07, 6.45) is 2.25. The molecule has 0 aliphatic carbocycles. The average Bonchev–Trinajstić information content (AvgIpc) is 3.33. The summed E-state index contributed by atoms with van der Waals surface area (Å²) < 4.78 is 19.1. The molecule has 2 aromatic carbocycles. The van der Waals surface area contributed by atoms with Gasteiger partial charge in [0.25, 0.3) is 0 Å². The number of rotatable bonds is 5. The molecule has 0 bridgehead atoms. The lowest BCUT2D eigenvalue weighted by Gasteiger charge is -2.41. The third-order valence-electron chi connectivity index (χ3n) is 7.96. The number of ether oxygens (including phenoxy) is 1. The highest BCUT2D eigenvalue weighted by atomic mass is 19.1. The second kappa shape index (κ2) is 10.5. The zero-order valence-corrected chi connectivity index (χ0v) is 20.8. The van der Waals surface area contributed by atoms with Gasteiger partial charge in [0.1, 0.15) is 5.82 Å². The number of aliphatic carboxylic acids is 1. The molecule has 37 heavy (non-hydrogen) atoms. The fourth-order valence-corrected chi connectivity index (χ4v) is 5.80. The van der Waals surface area contributed by atoms with Crippen LogP contribution in [-0.4, -0.2) is 66.8 Å². The Morgan fingerprint density at radius 2 is 1.73 bits per heavy atom. The van der Waals surface area contributed by atoms with E-state index in [0.29, 0.717) is 44.7 Å². The lowest BCUT2D eigenvalue weighted by Crippen LogP contribution is -2.53. The summed E-state index contributed by atoms with van der Waals surface area (Å²) in [6, 6.07) is 13.6. The maximum Gasteiger partial charge on any atom is 0.324 e. The van der Waals surface area contributed by atoms with Crippen LogP contribution in [0.25, 0.3) is 0 Å². The van der Waals surface area contributed by atoms with Gasteiger partial charge in [-0.3, -0.25) is 14.5 Å². The van der Waals surface area contributed by atoms with Gasteiger partial charge < -0.3 is 19.6 Å². The fraction of sp³-hybridized carbons (Fsp3) is 0.464. The highest BCUT2D eigenvalue weighted by Crippen LogP contribution is 2.39. The minimum absolute atomic E-state index is 0.0452. The van der Waals surface area contributed by atoms with Gasteiger partial charge in [-0.05, 0) is 68.0 Å². The maximum absolute atomic E-state index is 13.7. The number of urea groups is 1. The molecule has 3 heterocycles. The molecular formula is C28H32FN3O5. The van der Waals surface area contributed by atoms with E-state index in [1.165, 1.54) is 12.1 Å². The number of carbonyl (C=O) groups excluding carboxylic acids is 2. The molecule has 1 N–H and O–H groups in total. The Balaban J connectivity index is 1.30. The molecule has 0 atom stereocenters. The minimum Gasteiger partial charge on any atom is -0.481 e. The van der Waals surface area contributed by atoms with Crippen molar-refractivity contribution in [1.82, 2.24) is 4.90 Å². The van der Waals surface area contributed by atoms with E-state index in [-0.39, 0.29) is 56.1 Å². The van der Waals surface area contributed by atoms with Crippen molar-refractivity contribution in [3.63, 3.8) is 0 Å². The molecule has 9 heteroatoms. The first kappa shape index (κ1) is 25.2. The maximum atomic E-state index is 13.7. The van der Waals surface area contributed by atoms with Gasteiger partial charge in [-0.1, -0.05) is 18.2 Å². The van der Waals surface area contributed by atoms with E-state index in [1.54, 1.807) is 20.8 Å². The number of hydrogen-bond donors (Lipinski definition) is 1. The molecule has 196 valence electrons. The van der Waals surface area contributed by atoms with E-state index < -0.39 is 11.4 Å². The first-order valence-corrected chi connectivity index (χ1v) is 12.9. The summed E-state index contributed by atoms with van der Waals surface area (Å²) in [4.78, 5) is 44.6. The van der Waals surface area contributed by atoms with E-state index in [4.69, 9.17) is 4.74 Å². The first-order valence-electron chi connectivity index (χ1n) is 12.9. The van der Waals surface area contributed by atoms with E-state index in [2.05, 4.69) is 0 Å². The molecule has 3 amide bonds. The number of carbonyl (C=O) groups is 3. The van der Waals surface area contributed by atoms with Crippen LogP contribution < -0.4 is 9.80 Å². The largest absolute Gasteiger partial charge is 0.481 e. The molecule has 8 nitrogen and oxygen atoms in total. The van der Waals surface area contributed by atoms with Gasteiger partial charge in [0.05, 0.1) is 5.41 Å². The van der Waals surface area contributed by atoms with Crippen LogP contribution in [0.2, 0.25) is 0 Å². The van der Waals surface area contributed by atoms with E-state index >= 15 is 0 Å². The predicted molar refractivity (Wildman–Crippen MR) is 136 cm³/mol. The fourth-order valence-electron chi connectivity index (χ4n) is 5.80. The van der Waals surface area contributed by atoms with Crippen LogP contribution in [0.15, 0.2) is 48.5 Å². The summed E-state index contributed by atoms with van der Waals surface area (Å²) in [5, 5.41) is 10.3. The summed E-state index contributed by atoms with van der Waals surface area (Å²) in [6.45, 7) is 2.08. The number of nitrogens with zero attached hydrogens (tertiary/aromatic N) is 3. The SMILES string of the molecule is O=C(N1CCC(CC(=O)N(c2ccccc2)C2CCOCC2)(C(=O)O)CC1)N1CCc2cc(F)ccc21. The van der Waals surface area contributed by atoms with Crippen LogP contribution in [-0.2, 0) is 20.7 Å². The van der Waals surface area contributed by atoms with Crippen molar-refractivity contribution in [1.29, 1.82) is 0 Å². The summed E-state index contributed by atoms with van der Waals surface area (Å²) in [5.41, 5.74) is 1.02. The number of fused-ring (bicyclic) bond motifs is 1. The number of carboxylic acid groups (broad SMARTS) is 1. The van der Waals surface area contributed by atoms with Crippen molar-refractivity contribution in [2.45, 2.75) is 44.6 Å². The number of carboxylic acids is 1. The molecule has 0 radical (unpaired) electrons. The van der Waals surface area contributed by atoms with Crippen molar-refractivity contribution in [2.24, 2.45) is 5.41 Å². The Kier molecular flexibility index (Phi) is 7.15. The molecule has 2 fully saturated rings. The quantitative estimate of drug-likeness (QED) is 0.656. The molecular weight excluding hydrogens is 477 g/mol. The number of para-hydroxylation sites is 1. The Hall–Kier alpha value is -3.46. The van der Waals surface area contributed by atoms with Crippen LogP contribution in [0.5, 0.6) is 0 Å². The molecule has 0 spiro atoms. The van der Waals surface area contributed by atoms with Crippen LogP contribution >= 0.6 is 0 Å². The molecule has 0 unspecified atom stereocenters. The van der Waals surface area contributed by atoms with Crippen LogP contribution in [0.3, 0.4) is 0 Å². The summed E-state index contributed by atoms with van der Waals surface area (Å²) in [7, 11) is 0. The van der Waals surface area contributed by atoms with Crippen LogP contribution in [0.4, 0.5) is 20.6 Å². The van der Waals surface area contributed by atoms with Crippen LogP contribution in [0.1, 0.15) is 37.7 Å². The summed E-state index contributed by atoms with van der Waals surface area (Å²) in [5.74, 6) is -1.54. The van der Waals surface area contributed by atoms with E-state index in [9.17, 15) is 23.9 Å². The second-order valence-corrected chi connectivity index (χ2v) is 10.1. The highest BCUT2D eigenvalue weighted by Gasteiger charge is 2.46. The predicted octanol–water partition coefficient (Wildman–Crippen LogP) is 4.08. The number of piperidine rings is 1. The zero-order chi connectivity index (χ0) is 26.0. The van der Waals surface area contributed by atoms with E-state index in [1.807, 2.05) is 30.3 Å². The summed E-state index contributed by atoms with van der Waals surface area (Å²) >= 11 is 0. The van der Waals surface area contributed by atoms with Crippen molar-refractivity contribution in [3.8, 4) is 0 Å². The topological polar surface area (TPSA) is 90.4 Å². The normalized spacial score (nSPS) is 19.4. The number of anilines is 2. The van der Waals surface area contributed by atoms with Gasteiger partial charge in [0.2, 0.25) is 5.91 Å². The second-order valence-electron chi connectivity index (χ2n) is 10.1. The third kappa shape index (κ3) is 5.05. The number of benzene rings is 2. The standard InChI is InChI=1S/C28H32FN3O5/c29-21-6-7-24-20(18-21)8-13-31(24)27(36)30-14-11-28(12-15-30,26(34)35)19-25(33)32(22-4-2-1-3-5-22)23-9-16-37-17-10-23/h1-7,18,23H,8-17,19H2,(H,34,35). The van der Waals surface area contributed by atoms with Gasteiger partial charge in [-0.15, -0.1) is 0 Å². The molecule has 3 aliphatic heterocycles. The average molecular weight is 510 g/mol. The molecule has 2 saturated heterocycles. The van der Waals surface area contributed by atoms with E-state index in [0.717, 1.165) is 11.3 Å². The Bertz CT molecular complexity index is 1160. The van der Waals surface area contributed by atoms with Gasteiger partial charge in [-0.2, -0.15) is 0 Å². The monoisotopic (exact) mass is 509 g/mol. The van der Waals surface area contributed by atoms with Crippen molar-refractivity contribution >= 4 is 29.3 Å². The van der Waals surface area contributed by atoms with Crippen LogP contribution in [0, 0.1) is 11.2 Å². The molecule has 0 saturated carbocycles. The smallest absolute Gasteiger partial charge is 0.324 e. The molecule has 0 aromatic heterocycles. The van der Waals surface area contributed by atoms with Crippen molar-refractivity contribution in [3.05, 3.63) is 59.9 Å². The molecule has 2 aromatic rings. The lowest BCUT2D eigenvalue weighted by atomic mass is 9.75. The number of hydrogen-bond acceptors (Lipinski definition) is 4. The Morgan fingerprint density at radius 1 is 1.03 bits per heavy atom. The highest BCUT2D eigenvalue weighted by molar-refractivity contribution is 5.97. The first-order chi connectivity index (χ1) is 17.9. The Morgan fingerprint density at radius 3 is 2.41 bits per heavy atom. The number of amides is 3.